The highest BCUT2D eigenvalue weighted by Crippen LogP contribution is 2.16. The summed E-state index contributed by atoms with van der Waals surface area (Å²) in [6.45, 7) is 3.58. The number of hydrogen-bond donors (Lipinski definition) is 1. The van der Waals surface area contributed by atoms with E-state index in [2.05, 4.69) is 17.2 Å². The molecule has 0 aliphatic heterocycles. The van der Waals surface area contributed by atoms with Crippen molar-refractivity contribution in [3.8, 4) is 0 Å². The molecule has 0 bridgehead atoms. The lowest BCUT2D eigenvalue weighted by molar-refractivity contribution is 0.0474. The molecule has 0 radical (unpaired) electrons. The minimum atomic E-state index is -0.393. The van der Waals surface area contributed by atoms with Gasteiger partial charge in [-0.2, -0.15) is 5.10 Å². The van der Waals surface area contributed by atoms with Gasteiger partial charge in [-0.15, -0.1) is 0 Å². The van der Waals surface area contributed by atoms with Crippen LogP contribution in [0.1, 0.15) is 15.9 Å². The summed E-state index contributed by atoms with van der Waals surface area (Å²) in [7, 11) is 0. The first-order valence-corrected chi connectivity index (χ1v) is 5.83. The Morgan fingerprint density at radius 1 is 1.11 bits per heavy atom. The molecule has 0 aliphatic carbocycles. The molecule has 4 heteroatoms. The molecule has 0 amide bonds. The number of esters is 1. The molecule has 0 saturated carbocycles. The van der Waals surface area contributed by atoms with Gasteiger partial charge in [0.1, 0.15) is 6.61 Å². The maximum atomic E-state index is 12.0. The molecular weight excluding hydrogens is 240 g/mol. The van der Waals surface area contributed by atoms with Crippen LogP contribution in [0.5, 0.6) is 0 Å². The first-order chi connectivity index (χ1) is 9.31. The number of carbonyl (C=O) groups excluding carboxylic acids is 1. The van der Waals surface area contributed by atoms with E-state index in [1.54, 1.807) is 18.2 Å². The van der Waals surface area contributed by atoms with Gasteiger partial charge in [0.2, 0.25) is 0 Å². The molecule has 0 aliphatic rings. The van der Waals surface area contributed by atoms with E-state index < -0.39 is 5.97 Å². The van der Waals surface area contributed by atoms with Crippen LogP contribution in [0.3, 0.4) is 0 Å². The summed E-state index contributed by atoms with van der Waals surface area (Å²) < 4.78 is 5.26. The van der Waals surface area contributed by atoms with E-state index in [0.29, 0.717) is 11.3 Å². The fraction of sp³-hybridized carbons (Fsp3) is 0.0667. The number of anilines is 1. The normalized spacial score (nSPS) is 9.68. The number of ether oxygens (including phenoxy) is 1. The minimum Gasteiger partial charge on any atom is -0.457 e. The Morgan fingerprint density at radius 2 is 1.79 bits per heavy atom. The molecule has 2 aromatic rings. The Bertz CT molecular complexity index is 567. The molecule has 96 valence electrons. The summed E-state index contributed by atoms with van der Waals surface area (Å²) in [5.74, 6) is -0.393. The minimum absolute atomic E-state index is 0.246. The van der Waals surface area contributed by atoms with Gasteiger partial charge in [0.05, 0.1) is 11.3 Å². The van der Waals surface area contributed by atoms with Crippen LogP contribution >= 0.6 is 0 Å². The molecule has 1 N–H and O–H groups in total. The lowest BCUT2D eigenvalue weighted by Gasteiger charge is -2.08. The smallest absolute Gasteiger partial charge is 0.340 e. The van der Waals surface area contributed by atoms with Crippen LogP contribution in [0, 0.1) is 0 Å². The summed E-state index contributed by atoms with van der Waals surface area (Å²) >= 11 is 0. The molecule has 4 nitrogen and oxygen atoms in total. The number of nitrogens with zero attached hydrogens (tertiary/aromatic N) is 1. The summed E-state index contributed by atoms with van der Waals surface area (Å²) in [5.41, 5.74) is 4.63. The zero-order valence-electron chi connectivity index (χ0n) is 10.4. The molecule has 2 rings (SSSR count). The molecule has 2 aromatic carbocycles. The van der Waals surface area contributed by atoms with Crippen LogP contribution in [-0.4, -0.2) is 12.7 Å². The second kappa shape index (κ2) is 6.35. The second-order valence-corrected chi connectivity index (χ2v) is 3.88. The Kier molecular flexibility index (Phi) is 4.29. The van der Waals surface area contributed by atoms with Crippen LogP contribution in [0.25, 0.3) is 0 Å². The van der Waals surface area contributed by atoms with E-state index in [0.717, 1.165) is 5.56 Å². The highest BCUT2D eigenvalue weighted by molar-refractivity contribution is 5.95. The van der Waals surface area contributed by atoms with Crippen molar-refractivity contribution in [2.45, 2.75) is 6.61 Å². The van der Waals surface area contributed by atoms with E-state index in [1.165, 1.54) is 0 Å². The predicted molar refractivity (Wildman–Crippen MR) is 75.2 cm³/mol. The second-order valence-electron chi connectivity index (χ2n) is 3.88. The molecule has 19 heavy (non-hydrogen) atoms. The fourth-order valence-corrected chi connectivity index (χ4v) is 1.64. The van der Waals surface area contributed by atoms with Gasteiger partial charge in [0.15, 0.2) is 0 Å². The standard InChI is InChI=1S/C15H14N2O2/c1-16-17-14-10-6-5-9-13(14)15(18)19-11-12-7-3-2-4-8-12/h2-10,17H,1,11H2. The highest BCUT2D eigenvalue weighted by Gasteiger charge is 2.11. The van der Waals surface area contributed by atoms with Crippen molar-refractivity contribution in [3.63, 3.8) is 0 Å². The SMILES string of the molecule is C=NNc1ccccc1C(=O)OCc1ccccc1. The predicted octanol–water partition coefficient (Wildman–Crippen LogP) is 3.07. The number of benzene rings is 2. The highest BCUT2D eigenvalue weighted by atomic mass is 16.5. The van der Waals surface area contributed by atoms with Crippen LogP contribution in [0.15, 0.2) is 59.7 Å². The van der Waals surface area contributed by atoms with Gasteiger partial charge in [-0.1, -0.05) is 42.5 Å². The van der Waals surface area contributed by atoms with E-state index in [1.807, 2.05) is 36.4 Å². The van der Waals surface area contributed by atoms with E-state index >= 15 is 0 Å². The number of rotatable bonds is 5. The molecule has 0 fully saturated rings. The van der Waals surface area contributed by atoms with E-state index in [4.69, 9.17) is 4.74 Å². The van der Waals surface area contributed by atoms with Crippen molar-refractivity contribution < 1.29 is 9.53 Å². The lowest BCUT2D eigenvalue weighted by atomic mass is 10.2. The van der Waals surface area contributed by atoms with Crippen LogP contribution in [-0.2, 0) is 11.3 Å². The largest absolute Gasteiger partial charge is 0.457 e. The maximum Gasteiger partial charge on any atom is 0.340 e. The maximum absolute atomic E-state index is 12.0. The molecule has 0 heterocycles. The van der Waals surface area contributed by atoms with Crippen molar-refractivity contribution in [2.24, 2.45) is 5.10 Å². The Morgan fingerprint density at radius 3 is 2.53 bits per heavy atom. The van der Waals surface area contributed by atoms with Gasteiger partial charge < -0.3 is 4.74 Å². The van der Waals surface area contributed by atoms with E-state index in [-0.39, 0.29) is 6.61 Å². The average molecular weight is 254 g/mol. The number of nitrogens with one attached hydrogen (secondary N) is 1. The van der Waals surface area contributed by atoms with Gasteiger partial charge >= 0.3 is 5.97 Å². The van der Waals surface area contributed by atoms with Crippen molar-refractivity contribution in [1.29, 1.82) is 0 Å². The summed E-state index contributed by atoms with van der Waals surface area (Å²) in [5, 5.41) is 3.56. The lowest BCUT2D eigenvalue weighted by Crippen LogP contribution is -2.07. The Hall–Kier alpha value is -2.62. The Labute approximate surface area is 111 Å². The van der Waals surface area contributed by atoms with Crippen molar-refractivity contribution in [2.75, 3.05) is 5.43 Å². The number of hydrazone groups is 1. The third-order valence-electron chi connectivity index (χ3n) is 2.56. The van der Waals surface area contributed by atoms with Crippen molar-refractivity contribution >= 4 is 18.4 Å². The molecule has 0 unspecified atom stereocenters. The monoisotopic (exact) mass is 254 g/mol. The molecular formula is C15H14N2O2. The van der Waals surface area contributed by atoms with E-state index in [9.17, 15) is 4.79 Å². The number of para-hydroxylation sites is 1. The van der Waals surface area contributed by atoms with Crippen LogP contribution in [0.4, 0.5) is 5.69 Å². The third-order valence-corrected chi connectivity index (χ3v) is 2.56. The first kappa shape index (κ1) is 12.8. The van der Waals surface area contributed by atoms with Crippen molar-refractivity contribution in [3.05, 3.63) is 65.7 Å². The quantitative estimate of drug-likeness (QED) is 0.507. The summed E-state index contributed by atoms with van der Waals surface area (Å²) in [6, 6.07) is 16.5. The van der Waals surface area contributed by atoms with Crippen molar-refractivity contribution in [1.82, 2.24) is 0 Å². The average Bonchev–Trinajstić information content (AvgIpc) is 2.47. The third kappa shape index (κ3) is 3.42. The van der Waals surface area contributed by atoms with Gasteiger partial charge in [-0.3, -0.25) is 5.43 Å². The summed E-state index contributed by atoms with van der Waals surface area (Å²) in [4.78, 5) is 12.0. The molecule has 0 saturated heterocycles. The van der Waals surface area contributed by atoms with Crippen LogP contribution < -0.4 is 5.43 Å². The molecule has 0 spiro atoms. The zero-order valence-corrected chi connectivity index (χ0v) is 10.4. The van der Waals surface area contributed by atoms with Crippen LogP contribution in [0.2, 0.25) is 0 Å². The van der Waals surface area contributed by atoms with Gasteiger partial charge in [-0.05, 0) is 17.7 Å². The number of hydrogen-bond acceptors (Lipinski definition) is 4. The summed E-state index contributed by atoms with van der Waals surface area (Å²) in [6.07, 6.45) is 0. The first-order valence-electron chi connectivity index (χ1n) is 5.83. The fourth-order valence-electron chi connectivity index (χ4n) is 1.64. The van der Waals surface area contributed by atoms with Gasteiger partial charge in [-0.25, -0.2) is 4.79 Å². The molecule has 0 atom stereocenters. The molecule has 0 aromatic heterocycles. The number of carbonyl (C=O) groups is 1. The van der Waals surface area contributed by atoms with Gasteiger partial charge in [0.25, 0.3) is 0 Å². The Balaban J connectivity index is 2.06. The topological polar surface area (TPSA) is 50.7 Å². The zero-order chi connectivity index (χ0) is 13.5. The van der Waals surface area contributed by atoms with Gasteiger partial charge in [0, 0.05) is 6.72 Å².